The van der Waals surface area contributed by atoms with Crippen LogP contribution in [0.5, 0.6) is 17.2 Å². The highest BCUT2D eigenvalue weighted by atomic mass is 32.1. The van der Waals surface area contributed by atoms with Crippen LogP contribution in [-0.4, -0.2) is 45.2 Å². The molecule has 0 aliphatic carbocycles. The summed E-state index contributed by atoms with van der Waals surface area (Å²) in [4.78, 5) is 16.4. The highest BCUT2D eigenvalue weighted by molar-refractivity contribution is 7.10. The minimum Gasteiger partial charge on any atom is -0.493 e. The number of nitrogens with zero attached hydrogens (tertiary/aromatic N) is 1. The minimum atomic E-state index is -0.0543. The highest BCUT2D eigenvalue weighted by Crippen LogP contribution is 2.40. The molecule has 27 heavy (non-hydrogen) atoms. The zero-order valence-electron chi connectivity index (χ0n) is 16.2. The van der Waals surface area contributed by atoms with E-state index in [1.54, 1.807) is 33.5 Å². The van der Waals surface area contributed by atoms with Gasteiger partial charge in [-0.1, -0.05) is 6.92 Å². The third kappa shape index (κ3) is 4.04. The molecule has 146 valence electrons. The molecule has 1 aromatic carbocycles. The van der Waals surface area contributed by atoms with Crippen LogP contribution in [0.2, 0.25) is 0 Å². The van der Waals surface area contributed by atoms with Gasteiger partial charge in [0.15, 0.2) is 11.5 Å². The Bertz CT molecular complexity index is 780. The Hall–Kier alpha value is -2.25. The Morgan fingerprint density at radius 1 is 1.22 bits per heavy atom. The largest absolute Gasteiger partial charge is 0.493 e. The number of benzene rings is 1. The lowest BCUT2D eigenvalue weighted by Gasteiger charge is -2.34. The maximum absolute atomic E-state index is 12.7. The van der Waals surface area contributed by atoms with Gasteiger partial charge in [-0.25, -0.2) is 0 Å². The molecule has 0 saturated carbocycles. The summed E-state index contributed by atoms with van der Waals surface area (Å²) in [5.74, 6) is 1.48. The Morgan fingerprint density at radius 3 is 2.52 bits per heavy atom. The normalized spacial score (nSPS) is 16.5. The minimum absolute atomic E-state index is 0.0543. The van der Waals surface area contributed by atoms with E-state index in [1.807, 2.05) is 11.3 Å². The monoisotopic (exact) mass is 390 g/mol. The molecule has 2 heterocycles. The Balaban J connectivity index is 1.73. The van der Waals surface area contributed by atoms with Gasteiger partial charge in [-0.3, -0.25) is 9.69 Å². The molecule has 0 bridgehead atoms. The molecule has 1 aliphatic rings. The molecular formula is C20H26N2O4S. The van der Waals surface area contributed by atoms with Gasteiger partial charge in [0, 0.05) is 35.3 Å². The molecule has 1 atom stereocenters. The van der Waals surface area contributed by atoms with Gasteiger partial charge in [-0.2, -0.15) is 0 Å². The second kappa shape index (κ2) is 8.63. The fourth-order valence-corrected chi connectivity index (χ4v) is 4.58. The van der Waals surface area contributed by atoms with Gasteiger partial charge in [0.2, 0.25) is 11.7 Å². The van der Waals surface area contributed by atoms with E-state index >= 15 is 0 Å². The molecule has 0 saturated heterocycles. The highest BCUT2D eigenvalue weighted by Gasteiger charge is 2.28. The van der Waals surface area contributed by atoms with Crippen LogP contribution in [0.15, 0.2) is 23.6 Å². The zero-order valence-corrected chi connectivity index (χ0v) is 17.0. The molecule has 1 aromatic heterocycles. The van der Waals surface area contributed by atoms with Gasteiger partial charge in [0.1, 0.15) is 0 Å². The van der Waals surface area contributed by atoms with E-state index in [0.717, 1.165) is 19.4 Å². The lowest BCUT2D eigenvalue weighted by Crippen LogP contribution is -2.40. The lowest BCUT2D eigenvalue weighted by molar-refractivity contribution is -0.118. The quantitative estimate of drug-likeness (QED) is 0.781. The van der Waals surface area contributed by atoms with Crippen LogP contribution >= 0.6 is 11.3 Å². The van der Waals surface area contributed by atoms with Gasteiger partial charge in [-0.05, 0) is 29.9 Å². The van der Waals surface area contributed by atoms with Crippen LogP contribution in [0.25, 0.3) is 0 Å². The average molecular weight is 391 g/mol. The number of nitrogens with one attached hydrogen (secondary N) is 1. The molecule has 7 heteroatoms. The Labute approximate surface area is 164 Å². The van der Waals surface area contributed by atoms with Crippen LogP contribution in [0.4, 0.5) is 5.69 Å². The Kier molecular flexibility index (Phi) is 6.23. The summed E-state index contributed by atoms with van der Waals surface area (Å²) >= 11 is 1.81. The summed E-state index contributed by atoms with van der Waals surface area (Å²) in [6.45, 7) is 3.42. The van der Waals surface area contributed by atoms with Gasteiger partial charge in [-0.15, -0.1) is 11.3 Å². The SMILES string of the molecule is CC[C@H]1c2ccsc2CCN1CC(=O)Nc1cc(OC)c(OC)c(OC)c1. The standard InChI is InChI=1S/C20H26N2O4S/c1-5-15-14-7-9-27-18(14)6-8-22(15)12-19(23)21-13-10-16(24-2)20(26-4)17(11-13)25-3/h7,9-11,15H,5-6,8,12H2,1-4H3,(H,21,23)/t15-/m0/s1. The predicted octanol–water partition coefficient (Wildman–Crippen LogP) is 3.72. The van der Waals surface area contributed by atoms with E-state index in [0.29, 0.717) is 35.5 Å². The zero-order chi connectivity index (χ0) is 19.4. The summed E-state index contributed by atoms with van der Waals surface area (Å²) in [6, 6.07) is 5.97. The molecule has 6 nitrogen and oxygen atoms in total. The Morgan fingerprint density at radius 2 is 1.93 bits per heavy atom. The maximum atomic E-state index is 12.7. The first-order valence-electron chi connectivity index (χ1n) is 9.01. The molecule has 1 N–H and O–H groups in total. The molecule has 0 radical (unpaired) electrons. The number of carbonyl (C=O) groups is 1. The number of ether oxygens (including phenoxy) is 3. The van der Waals surface area contributed by atoms with Crippen LogP contribution in [0, 0.1) is 0 Å². The topological polar surface area (TPSA) is 60.0 Å². The van der Waals surface area contributed by atoms with E-state index in [9.17, 15) is 4.79 Å². The van der Waals surface area contributed by atoms with Crippen molar-refractivity contribution in [2.24, 2.45) is 0 Å². The van der Waals surface area contributed by atoms with Crippen LogP contribution in [-0.2, 0) is 11.2 Å². The fraction of sp³-hybridized carbons (Fsp3) is 0.450. The molecule has 1 aliphatic heterocycles. The summed E-state index contributed by atoms with van der Waals surface area (Å²) in [5.41, 5.74) is 1.99. The summed E-state index contributed by atoms with van der Waals surface area (Å²) in [6.07, 6.45) is 1.99. The van der Waals surface area contributed by atoms with Crippen molar-refractivity contribution in [1.29, 1.82) is 0 Å². The number of amides is 1. The van der Waals surface area contributed by atoms with E-state index in [2.05, 4.69) is 28.6 Å². The van der Waals surface area contributed by atoms with Gasteiger partial charge < -0.3 is 19.5 Å². The van der Waals surface area contributed by atoms with E-state index in [4.69, 9.17) is 14.2 Å². The summed E-state index contributed by atoms with van der Waals surface area (Å²) in [5, 5.41) is 5.10. The van der Waals surface area contributed by atoms with E-state index < -0.39 is 0 Å². The van der Waals surface area contributed by atoms with Crippen molar-refractivity contribution in [3.05, 3.63) is 34.0 Å². The average Bonchev–Trinajstić information content (AvgIpc) is 3.15. The lowest BCUT2D eigenvalue weighted by atomic mass is 9.98. The third-order valence-corrected chi connectivity index (χ3v) is 5.88. The number of anilines is 1. The number of rotatable bonds is 7. The van der Waals surface area contributed by atoms with Crippen molar-refractivity contribution in [2.75, 3.05) is 39.7 Å². The molecular weight excluding hydrogens is 364 g/mol. The molecule has 0 fully saturated rings. The van der Waals surface area contributed by atoms with Crippen molar-refractivity contribution in [1.82, 2.24) is 4.90 Å². The van der Waals surface area contributed by atoms with Crippen molar-refractivity contribution < 1.29 is 19.0 Å². The third-order valence-electron chi connectivity index (χ3n) is 4.89. The maximum Gasteiger partial charge on any atom is 0.238 e. The van der Waals surface area contributed by atoms with Gasteiger partial charge in [0.05, 0.1) is 27.9 Å². The molecule has 0 unspecified atom stereocenters. The van der Waals surface area contributed by atoms with Crippen molar-refractivity contribution >= 4 is 22.9 Å². The van der Waals surface area contributed by atoms with Crippen molar-refractivity contribution in [2.45, 2.75) is 25.8 Å². The first-order valence-corrected chi connectivity index (χ1v) is 9.89. The summed E-state index contributed by atoms with van der Waals surface area (Å²) < 4.78 is 16.0. The van der Waals surface area contributed by atoms with E-state index in [-0.39, 0.29) is 5.91 Å². The molecule has 2 aromatic rings. The van der Waals surface area contributed by atoms with Gasteiger partial charge in [0.25, 0.3) is 0 Å². The fourth-order valence-electron chi connectivity index (χ4n) is 3.65. The van der Waals surface area contributed by atoms with Crippen LogP contribution in [0.1, 0.15) is 29.8 Å². The van der Waals surface area contributed by atoms with E-state index in [1.165, 1.54) is 10.4 Å². The van der Waals surface area contributed by atoms with Gasteiger partial charge >= 0.3 is 0 Å². The van der Waals surface area contributed by atoms with Crippen molar-refractivity contribution in [3.63, 3.8) is 0 Å². The number of methoxy groups -OCH3 is 3. The second-order valence-corrected chi connectivity index (χ2v) is 7.41. The van der Waals surface area contributed by atoms with Crippen molar-refractivity contribution in [3.8, 4) is 17.2 Å². The first-order chi connectivity index (χ1) is 13.1. The number of thiophene rings is 1. The number of hydrogen-bond acceptors (Lipinski definition) is 6. The van der Waals surface area contributed by atoms with Crippen LogP contribution in [0.3, 0.4) is 0 Å². The number of fused-ring (bicyclic) bond motifs is 1. The smallest absolute Gasteiger partial charge is 0.238 e. The predicted molar refractivity (Wildman–Crippen MR) is 107 cm³/mol. The molecule has 0 spiro atoms. The van der Waals surface area contributed by atoms with Crippen LogP contribution < -0.4 is 19.5 Å². The number of hydrogen-bond donors (Lipinski definition) is 1. The first kappa shape index (κ1) is 19.5. The molecule has 3 rings (SSSR count). The second-order valence-electron chi connectivity index (χ2n) is 6.41. The molecule has 1 amide bonds. The summed E-state index contributed by atoms with van der Waals surface area (Å²) in [7, 11) is 4.67. The number of carbonyl (C=O) groups excluding carboxylic acids is 1.